The zero-order valence-corrected chi connectivity index (χ0v) is 12.6. The van der Waals surface area contributed by atoms with E-state index in [2.05, 4.69) is 34.0 Å². The number of hydrogen-bond donors (Lipinski definition) is 1. The van der Waals surface area contributed by atoms with Crippen LogP contribution in [0.2, 0.25) is 0 Å². The lowest BCUT2D eigenvalue weighted by Gasteiger charge is -2.37. The molecule has 0 aliphatic carbocycles. The standard InChI is InChI=1S/C15H26N4O/c1-3-5-18-15(13-9-16-12-17-10-13)14-11-19(6-4-2)7-8-20-14/h9-10,12,14-15,18H,3-8,11H2,1-2H3. The summed E-state index contributed by atoms with van der Waals surface area (Å²) < 4.78 is 6.01. The quantitative estimate of drug-likeness (QED) is 0.821. The molecular formula is C15H26N4O. The highest BCUT2D eigenvalue weighted by Gasteiger charge is 2.28. The molecule has 0 saturated carbocycles. The minimum Gasteiger partial charge on any atom is -0.374 e. The molecule has 2 atom stereocenters. The molecule has 0 aromatic carbocycles. The predicted octanol–water partition coefficient (Wildman–Crippen LogP) is 1.63. The van der Waals surface area contributed by atoms with Gasteiger partial charge >= 0.3 is 0 Å². The minimum absolute atomic E-state index is 0.174. The van der Waals surface area contributed by atoms with Crippen molar-refractivity contribution in [2.24, 2.45) is 0 Å². The zero-order chi connectivity index (χ0) is 14.2. The Morgan fingerprint density at radius 1 is 1.35 bits per heavy atom. The highest BCUT2D eigenvalue weighted by molar-refractivity contribution is 5.12. The molecule has 1 aliphatic heterocycles. The molecule has 1 aromatic rings. The van der Waals surface area contributed by atoms with Crippen LogP contribution in [0.5, 0.6) is 0 Å². The molecule has 1 N–H and O–H groups in total. The van der Waals surface area contributed by atoms with Gasteiger partial charge in [0.25, 0.3) is 0 Å². The Bertz CT molecular complexity index is 371. The van der Waals surface area contributed by atoms with Gasteiger partial charge in [-0.15, -0.1) is 0 Å². The molecule has 2 unspecified atom stereocenters. The van der Waals surface area contributed by atoms with Crippen LogP contribution in [0.4, 0.5) is 0 Å². The second-order valence-electron chi connectivity index (χ2n) is 5.31. The van der Waals surface area contributed by atoms with E-state index in [0.717, 1.165) is 44.8 Å². The number of nitrogens with one attached hydrogen (secondary N) is 1. The third-order valence-corrected chi connectivity index (χ3v) is 3.64. The van der Waals surface area contributed by atoms with E-state index in [-0.39, 0.29) is 12.1 Å². The van der Waals surface area contributed by atoms with E-state index in [0.29, 0.717) is 0 Å². The van der Waals surface area contributed by atoms with Gasteiger partial charge in [-0.1, -0.05) is 13.8 Å². The number of nitrogens with zero attached hydrogens (tertiary/aromatic N) is 3. The van der Waals surface area contributed by atoms with E-state index in [4.69, 9.17) is 4.74 Å². The molecule has 112 valence electrons. The fourth-order valence-corrected chi connectivity index (χ4v) is 2.69. The lowest BCUT2D eigenvalue weighted by atomic mass is 10.0. The molecule has 0 amide bonds. The molecular weight excluding hydrogens is 252 g/mol. The van der Waals surface area contributed by atoms with Gasteiger partial charge in [-0.2, -0.15) is 0 Å². The maximum Gasteiger partial charge on any atom is 0.115 e. The van der Waals surface area contributed by atoms with Gasteiger partial charge in [-0.3, -0.25) is 4.90 Å². The summed E-state index contributed by atoms with van der Waals surface area (Å²) in [7, 11) is 0. The largest absolute Gasteiger partial charge is 0.374 e. The van der Waals surface area contributed by atoms with Crippen molar-refractivity contribution in [1.29, 1.82) is 0 Å². The normalized spacial score (nSPS) is 21.8. The van der Waals surface area contributed by atoms with Crippen LogP contribution in [0.15, 0.2) is 18.7 Å². The first-order valence-corrected chi connectivity index (χ1v) is 7.67. The summed E-state index contributed by atoms with van der Waals surface area (Å²) in [6, 6.07) is 0.177. The topological polar surface area (TPSA) is 50.3 Å². The molecule has 5 heteroatoms. The Kier molecular flexibility index (Phi) is 6.36. The number of aromatic nitrogens is 2. The van der Waals surface area contributed by atoms with Crippen LogP contribution >= 0.6 is 0 Å². The van der Waals surface area contributed by atoms with E-state index in [1.165, 1.54) is 6.42 Å². The molecule has 5 nitrogen and oxygen atoms in total. The Morgan fingerprint density at radius 3 is 2.85 bits per heavy atom. The summed E-state index contributed by atoms with van der Waals surface area (Å²) in [5.74, 6) is 0. The maximum absolute atomic E-state index is 6.01. The summed E-state index contributed by atoms with van der Waals surface area (Å²) in [6.07, 6.45) is 7.83. The van der Waals surface area contributed by atoms with Gasteiger partial charge in [0, 0.05) is 31.0 Å². The van der Waals surface area contributed by atoms with Crippen LogP contribution in [-0.2, 0) is 4.74 Å². The Hall–Kier alpha value is -1.04. The molecule has 1 saturated heterocycles. The van der Waals surface area contributed by atoms with Gasteiger partial charge in [0.2, 0.25) is 0 Å². The summed E-state index contributed by atoms with van der Waals surface area (Å²) >= 11 is 0. The van der Waals surface area contributed by atoms with Crippen LogP contribution in [0.25, 0.3) is 0 Å². The predicted molar refractivity (Wildman–Crippen MR) is 79.5 cm³/mol. The van der Waals surface area contributed by atoms with E-state index < -0.39 is 0 Å². The van der Waals surface area contributed by atoms with Crippen molar-refractivity contribution in [3.8, 4) is 0 Å². The summed E-state index contributed by atoms with van der Waals surface area (Å²) in [4.78, 5) is 10.8. The lowest BCUT2D eigenvalue weighted by molar-refractivity contribution is -0.0471. The van der Waals surface area contributed by atoms with Crippen LogP contribution in [0, 0.1) is 0 Å². The van der Waals surface area contributed by atoms with E-state index in [9.17, 15) is 0 Å². The van der Waals surface area contributed by atoms with Crippen molar-refractivity contribution in [2.45, 2.75) is 38.8 Å². The monoisotopic (exact) mass is 278 g/mol. The Morgan fingerprint density at radius 2 is 2.15 bits per heavy atom. The highest BCUT2D eigenvalue weighted by Crippen LogP contribution is 2.21. The Balaban J connectivity index is 2.05. The first-order valence-electron chi connectivity index (χ1n) is 7.67. The molecule has 1 aromatic heterocycles. The average molecular weight is 278 g/mol. The smallest absolute Gasteiger partial charge is 0.115 e. The van der Waals surface area contributed by atoms with Gasteiger partial charge in [0.1, 0.15) is 6.33 Å². The third-order valence-electron chi connectivity index (χ3n) is 3.64. The highest BCUT2D eigenvalue weighted by atomic mass is 16.5. The molecule has 0 radical (unpaired) electrons. The van der Waals surface area contributed by atoms with Gasteiger partial charge in [0.05, 0.1) is 18.8 Å². The fourth-order valence-electron chi connectivity index (χ4n) is 2.69. The van der Waals surface area contributed by atoms with Gasteiger partial charge < -0.3 is 10.1 Å². The molecule has 1 fully saturated rings. The summed E-state index contributed by atoms with van der Waals surface area (Å²) in [5, 5.41) is 3.59. The fraction of sp³-hybridized carbons (Fsp3) is 0.733. The van der Waals surface area contributed by atoms with E-state index in [1.807, 2.05) is 12.4 Å². The third kappa shape index (κ3) is 4.23. The molecule has 2 rings (SSSR count). The van der Waals surface area contributed by atoms with E-state index in [1.54, 1.807) is 6.33 Å². The second kappa shape index (κ2) is 8.29. The second-order valence-corrected chi connectivity index (χ2v) is 5.31. The number of ether oxygens (including phenoxy) is 1. The molecule has 0 spiro atoms. The van der Waals surface area contributed by atoms with Crippen LogP contribution in [-0.4, -0.2) is 53.8 Å². The van der Waals surface area contributed by atoms with Crippen molar-refractivity contribution < 1.29 is 4.74 Å². The van der Waals surface area contributed by atoms with Crippen molar-refractivity contribution in [3.05, 3.63) is 24.3 Å². The minimum atomic E-state index is 0.174. The molecule has 1 aliphatic rings. The summed E-state index contributed by atoms with van der Waals surface area (Å²) in [6.45, 7) is 9.35. The lowest BCUT2D eigenvalue weighted by Crippen LogP contribution is -2.48. The zero-order valence-electron chi connectivity index (χ0n) is 12.6. The number of hydrogen-bond acceptors (Lipinski definition) is 5. The van der Waals surface area contributed by atoms with Crippen molar-refractivity contribution >= 4 is 0 Å². The van der Waals surface area contributed by atoms with Crippen LogP contribution in [0.1, 0.15) is 38.3 Å². The molecule has 0 bridgehead atoms. The molecule has 2 heterocycles. The maximum atomic E-state index is 6.01. The van der Waals surface area contributed by atoms with Crippen molar-refractivity contribution in [2.75, 3.05) is 32.8 Å². The number of rotatable bonds is 7. The van der Waals surface area contributed by atoms with Crippen LogP contribution < -0.4 is 5.32 Å². The Labute approximate surface area is 121 Å². The molecule has 20 heavy (non-hydrogen) atoms. The first kappa shape index (κ1) is 15.4. The average Bonchev–Trinajstić information content (AvgIpc) is 2.50. The van der Waals surface area contributed by atoms with Gasteiger partial charge in [-0.25, -0.2) is 9.97 Å². The van der Waals surface area contributed by atoms with Crippen molar-refractivity contribution in [1.82, 2.24) is 20.2 Å². The van der Waals surface area contributed by atoms with Crippen LogP contribution in [0.3, 0.4) is 0 Å². The van der Waals surface area contributed by atoms with E-state index >= 15 is 0 Å². The van der Waals surface area contributed by atoms with Gasteiger partial charge in [0.15, 0.2) is 0 Å². The SMILES string of the molecule is CCCNC(c1cncnc1)C1CN(CCC)CCO1. The first-order chi connectivity index (χ1) is 9.85. The number of morpholine rings is 1. The summed E-state index contributed by atoms with van der Waals surface area (Å²) in [5.41, 5.74) is 1.12. The van der Waals surface area contributed by atoms with Gasteiger partial charge in [-0.05, 0) is 25.9 Å². The van der Waals surface area contributed by atoms with Crippen molar-refractivity contribution in [3.63, 3.8) is 0 Å².